The zero-order valence-electron chi connectivity index (χ0n) is 33.2. The Kier molecular flexibility index (Phi) is 11.2. The summed E-state index contributed by atoms with van der Waals surface area (Å²) in [5.74, 6) is 2.50. The van der Waals surface area contributed by atoms with Gasteiger partial charge in [0, 0.05) is 31.4 Å². The van der Waals surface area contributed by atoms with Crippen LogP contribution in [0.25, 0.3) is 16.8 Å². The molecule has 10 nitrogen and oxygen atoms in total. The number of likely N-dealkylation sites (N-methyl/N-ethyl adjacent to an activating group) is 2. The van der Waals surface area contributed by atoms with Crippen molar-refractivity contribution >= 4 is 23.1 Å². The topological polar surface area (TPSA) is 97.4 Å². The normalized spacial score (nSPS) is 19.2. The van der Waals surface area contributed by atoms with Crippen LogP contribution in [0.1, 0.15) is 72.7 Å². The molecule has 292 valence electrons. The quantitative estimate of drug-likeness (QED) is 0.137. The molecule has 4 heterocycles. The Labute approximate surface area is 335 Å². The fraction of sp³-hybridized carbons (Fsp3) is 0.319. The molecule has 0 unspecified atom stereocenters. The number of allylic oxidation sites excluding steroid dienone is 1. The fourth-order valence-corrected chi connectivity index (χ4v) is 8.68. The molecule has 0 aliphatic carbocycles. The van der Waals surface area contributed by atoms with Crippen LogP contribution in [0.15, 0.2) is 127 Å². The first-order valence-electron chi connectivity index (χ1n) is 20.0. The number of nitrogens with zero attached hydrogens (tertiary/aromatic N) is 6. The second-order valence-electron chi connectivity index (χ2n) is 15.7. The van der Waals surface area contributed by atoms with Crippen LogP contribution in [0, 0.1) is 0 Å². The van der Waals surface area contributed by atoms with Crippen molar-refractivity contribution in [1.29, 1.82) is 0 Å². The number of carbonyl (C=O) groups is 2. The molecule has 2 saturated heterocycles. The molecule has 1 N–H and O–H groups in total. The standard InChI is InChI=1S/C47H51N7O3/c1-51(2)43(33-14-7-5-8-15-33)46(55)53-26-12-20-41(53)39-29-36(30-48-39)35-18-11-19-38(28-35)57-37-24-22-32(23-25-37)40-31-49-45(50-40)42-21-13-27-54(42)47(56)44(52(3)4)34-16-9-6-10-17-34/h5-11,14-19,22-25,28,30-31,41-44H,12-13,20-21,26-27,29H2,1-4H3,(H,49,50)/t41-,42-,43+,44+/m0/s1. The number of amides is 2. The van der Waals surface area contributed by atoms with Gasteiger partial charge in [-0.25, -0.2) is 4.98 Å². The summed E-state index contributed by atoms with van der Waals surface area (Å²) in [5, 5.41) is 0. The Morgan fingerprint density at radius 1 is 0.702 bits per heavy atom. The van der Waals surface area contributed by atoms with Gasteiger partial charge in [-0.2, -0.15) is 0 Å². The van der Waals surface area contributed by atoms with Gasteiger partial charge in [0.15, 0.2) is 0 Å². The van der Waals surface area contributed by atoms with Crippen LogP contribution in [-0.4, -0.2) is 94.4 Å². The molecule has 2 fully saturated rings. The van der Waals surface area contributed by atoms with E-state index in [1.54, 1.807) is 0 Å². The minimum absolute atomic E-state index is 0.00373. The molecule has 4 atom stereocenters. The Bertz CT molecular complexity index is 2250. The number of nitrogens with one attached hydrogen (secondary N) is 1. The van der Waals surface area contributed by atoms with Crippen molar-refractivity contribution in [2.75, 3.05) is 41.3 Å². The maximum absolute atomic E-state index is 14.0. The summed E-state index contributed by atoms with van der Waals surface area (Å²) in [6.45, 7) is 1.45. The van der Waals surface area contributed by atoms with Crippen molar-refractivity contribution in [1.82, 2.24) is 29.6 Å². The number of aromatic nitrogens is 2. The average molecular weight is 762 g/mol. The second-order valence-corrected chi connectivity index (χ2v) is 15.7. The molecule has 1 aromatic heterocycles. The van der Waals surface area contributed by atoms with Gasteiger partial charge >= 0.3 is 0 Å². The summed E-state index contributed by atoms with van der Waals surface area (Å²) < 4.78 is 6.34. The second kappa shape index (κ2) is 16.7. The molecular formula is C47H51N7O3. The van der Waals surface area contributed by atoms with E-state index in [0.717, 1.165) is 88.8 Å². The van der Waals surface area contributed by atoms with Crippen LogP contribution in [-0.2, 0) is 9.59 Å². The van der Waals surface area contributed by atoms with Gasteiger partial charge in [-0.05, 0) is 118 Å². The highest BCUT2D eigenvalue weighted by Gasteiger charge is 2.39. The van der Waals surface area contributed by atoms with E-state index >= 15 is 0 Å². The summed E-state index contributed by atoms with van der Waals surface area (Å²) in [5.41, 5.74) is 7.10. The maximum atomic E-state index is 14.0. The third-order valence-corrected chi connectivity index (χ3v) is 11.5. The molecule has 4 aromatic carbocycles. The van der Waals surface area contributed by atoms with E-state index in [9.17, 15) is 9.59 Å². The lowest BCUT2D eigenvalue weighted by atomic mass is 9.97. The van der Waals surface area contributed by atoms with E-state index in [1.807, 2.05) is 157 Å². The molecule has 0 radical (unpaired) electrons. The summed E-state index contributed by atoms with van der Waals surface area (Å²) in [6.07, 6.45) is 8.20. The van der Waals surface area contributed by atoms with E-state index in [1.165, 1.54) is 0 Å². The molecular weight excluding hydrogens is 711 g/mol. The minimum atomic E-state index is -0.350. The van der Waals surface area contributed by atoms with Crippen LogP contribution in [0.2, 0.25) is 0 Å². The van der Waals surface area contributed by atoms with Gasteiger partial charge in [-0.1, -0.05) is 72.8 Å². The van der Waals surface area contributed by atoms with Crippen molar-refractivity contribution in [3.8, 4) is 22.8 Å². The highest BCUT2D eigenvalue weighted by atomic mass is 16.5. The van der Waals surface area contributed by atoms with E-state index in [-0.39, 0.29) is 36.0 Å². The molecule has 3 aliphatic rings. The molecule has 3 aliphatic heterocycles. The molecule has 57 heavy (non-hydrogen) atoms. The maximum Gasteiger partial charge on any atom is 0.245 e. The molecule has 0 bridgehead atoms. The monoisotopic (exact) mass is 761 g/mol. The zero-order chi connectivity index (χ0) is 39.5. The Morgan fingerprint density at radius 2 is 1.30 bits per heavy atom. The van der Waals surface area contributed by atoms with Crippen molar-refractivity contribution in [2.45, 2.75) is 56.3 Å². The number of likely N-dealkylation sites (tertiary alicyclic amines) is 2. The number of benzene rings is 4. The summed E-state index contributed by atoms with van der Waals surface area (Å²) in [7, 11) is 7.84. The van der Waals surface area contributed by atoms with Crippen molar-refractivity contribution in [3.05, 3.63) is 144 Å². The number of hydrogen-bond donors (Lipinski definition) is 1. The Hall–Kier alpha value is -5.84. The first kappa shape index (κ1) is 38.1. The third-order valence-electron chi connectivity index (χ3n) is 11.5. The van der Waals surface area contributed by atoms with Crippen LogP contribution in [0.3, 0.4) is 0 Å². The highest BCUT2D eigenvalue weighted by molar-refractivity contribution is 6.03. The van der Waals surface area contributed by atoms with Crippen molar-refractivity contribution in [2.24, 2.45) is 4.99 Å². The molecule has 10 heteroatoms. The smallest absolute Gasteiger partial charge is 0.245 e. The van der Waals surface area contributed by atoms with Gasteiger partial charge in [0.1, 0.15) is 29.4 Å². The molecule has 0 saturated carbocycles. The van der Waals surface area contributed by atoms with Crippen LogP contribution in [0.5, 0.6) is 11.5 Å². The number of hydrogen-bond acceptors (Lipinski definition) is 7. The number of H-pyrrole nitrogens is 1. The number of rotatable bonds is 12. The van der Waals surface area contributed by atoms with Crippen LogP contribution in [0.4, 0.5) is 0 Å². The Morgan fingerprint density at radius 3 is 1.91 bits per heavy atom. The summed E-state index contributed by atoms with van der Waals surface area (Å²) in [4.78, 5) is 49.1. The van der Waals surface area contributed by atoms with Crippen LogP contribution < -0.4 is 4.74 Å². The predicted molar refractivity (Wildman–Crippen MR) is 225 cm³/mol. The summed E-state index contributed by atoms with van der Waals surface area (Å²) >= 11 is 0. The number of imidazole rings is 1. The predicted octanol–water partition coefficient (Wildman–Crippen LogP) is 8.31. The first-order chi connectivity index (χ1) is 27.7. The first-order valence-corrected chi connectivity index (χ1v) is 20.0. The summed E-state index contributed by atoms with van der Waals surface area (Å²) in [6, 6.07) is 35.3. The Balaban J connectivity index is 0.897. The van der Waals surface area contributed by atoms with E-state index < -0.39 is 0 Å². The highest BCUT2D eigenvalue weighted by Crippen LogP contribution is 2.37. The van der Waals surface area contributed by atoms with Crippen molar-refractivity contribution < 1.29 is 14.3 Å². The van der Waals surface area contributed by atoms with Crippen molar-refractivity contribution in [3.63, 3.8) is 0 Å². The van der Waals surface area contributed by atoms with Gasteiger partial charge < -0.3 is 19.5 Å². The number of aliphatic imine (C=N–C) groups is 1. The molecule has 5 aromatic rings. The minimum Gasteiger partial charge on any atom is -0.457 e. The average Bonchev–Trinajstić information content (AvgIpc) is 4.06. The third kappa shape index (κ3) is 8.06. The van der Waals surface area contributed by atoms with E-state index in [2.05, 4.69) is 17.1 Å². The van der Waals surface area contributed by atoms with Crippen LogP contribution >= 0.6 is 0 Å². The lowest BCUT2D eigenvalue weighted by Gasteiger charge is -2.32. The lowest BCUT2D eigenvalue weighted by Crippen LogP contribution is -2.45. The number of carbonyl (C=O) groups excluding carboxylic acids is 2. The zero-order valence-corrected chi connectivity index (χ0v) is 33.2. The lowest BCUT2D eigenvalue weighted by molar-refractivity contribution is -0.137. The molecule has 0 spiro atoms. The number of ether oxygens (including phenoxy) is 1. The van der Waals surface area contributed by atoms with Gasteiger partial charge in [0.05, 0.1) is 24.0 Å². The van der Waals surface area contributed by atoms with Gasteiger partial charge in [0.2, 0.25) is 11.8 Å². The fourth-order valence-electron chi connectivity index (χ4n) is 8.68. The largest absolute Gasteiger partial charge is 0.457 e. The van der Waals surface area contributed by atoms with Gasteiger partial charge in [0.25, 0.3) is 0 Å². The van der Waals surface area contributed by atoms with Gasteiger partial charge in [-0.15, -0.1) is 0 Å². The van der Waals surface area contributed by atoms with Gasteiger partial charge in [-0.3, -0.25) is 24.4 Å². The number of aromatic amines is 1. The SMILES string of the molecule is CN(C)[C@@H](C(=O)N1CCC[C@H]1C1=NC=C(c2cccc(Oc3ccc(-c4cnc([C@@H]5CCCN5C(=O)[C@@H](c5ccccc5)N(C)C)[nH]4)cc3)c2)C1)c1ccccc1. The molecule has 8 rings (SSSR count). The molecule has 2 amide bonds. The van der Waals surface area contributed by atoms with E-state index in [0.29, 0.717) is 13.0 Å². The van der Waals surface area contributed by atoms with E-state index in [4.69, 9.17) is 14.7 Å².